The van der Waals surface area contributed by atoms with Crippen LogP contribution in [0.25, 0.3) is 0 Å². The molecule has 1 fully saturated rings. The molecule has 0 radical (unpaired) electrons. The molecule has 0 N–H and O–H groups in total. The van der Waals surface area contributed by atoms with Crippen LogP contribution in [0, 0.1) is 11.3 Å². The van der Waals surface area contributed by atoms with Crippen LogP contribution in [0.4, 0.5) is 0 Å². The van der Waals surface area contributed by atoms with Gasteiger partial charge in [-0.1, -0.05) is 46.6 Å². The number of amides is 1. The number of hydrogen-bond acceptors (Lipinski definition) is 7. The molecular weight excluding hydrogens is 521 g/mol. The van der Waals surface area contributed by atoms with E-state index >= 15 is 0 Å². The second-order valence-corrected chi connectivity index (χ2v) is 10.4. The summed E-state index contributed by atoms with van der Waals surface area (Å²) in [4.78, 5) is 37.3. The van der Waals surface area contributed by atoms with Gasteiger partial charge in [-0.05, 0) is 25.0 Å². The molecule has 1 amide bonds. The van der Waals surface area contributed by atoms with Gasteiger partial charge in [0.25, 0.3) is 5.56 Å². The van der Waals surface area contributed by atoms with Crippen molar-refractivity contribution >= 4 is 46.2 Å². The van der Waals surface area contributed by atoms with E-state index in [1.165, 1.54) is 16.8 Å². The van der Waals surface area contributed by atoms with Gasteiger partial charge in [-0.15, -0.1) is 11.3 Å². The Morgan fingerprint density at radius 1 is 1.22 bits per heavy atom. The zero-order chi connectivity index (χ0) is 25.2. The van der Waals surface area contributed by atoms with E-state index in [-0.39, 0.29) is 35.1 Å². The predicted octanol–water partition coefficient (Wildman–Crippen LogP) is 4.76. The Bertz CT molecular complexity index is 1440. The zero-order valence-corrected chi connectivity index (χ0v) is 21.4. The van der Waals surface area contributed by atoms with E-state index in [1.807, 2.05) is 35.7 Å². The van der Waals surface area contributed by atoms with E-state index in [2.05, 4.69) is 5.16 Å². The summed E-state index contributed by atoms with van der Waals surface area (Å²) in [6.07, 6.45) is 3.30. The first-order chi connectivity index (χ1) is 17.4. The van der Waals surface area contributed by atoms with E-state index in [1.54, 1.807) is 16.2 Å². The van der Waals surface area contributed by atoms with Gasteiger partial charge in [-0.2, -0.15) is 5.26 Å². The summed E-state index contributed by atoms with van der Waals surface area (Å²) in [5.74, 6) is 0.0683. The fourth-order valence-corrected chi connectivity index (χ4v) is 5.92. The van der Waals surface area contributed by atoms with Crippen LogP contribution in [0.3, 0.4) is 0 Å². The molecule has 1 aromatic carbocycles. The van der Waals surface area contributed by atoms with Gasteiger partial charge in [0.15, 0.2) is 6.10 Å². The number of piperidine rings is 1. The number of benzene rings is 1. The molecule has 8 nitrogen and oxygen atoms in total. The second kappa shape index (κ2) is 10.4. The molecule has 3 aromatic rings. The van der Waals surface area contributed by atoms with Crippen molar-refractivity contribution in [3.05, 3.63) is 84.1 Å². The Balaban J connectivity index is 1.18. The molecule has 2 aliphatic rings. The average Bonchev–Trinajstić information content (AvgIpc) is 3.57. The molecular formula is C25H21Cl2N5O3S. The summed E-state index contributed by atoms with van der Waals surface area (Å²) in [6.45, 7) is 0.988. The van der Waals surface area contributed by atoms with Crippen LogP contribution in [0.2, 0.25) is 10.0 Å². The molecule has 2 aliphatic heterocycles. The number of thiazole rings is 1. The van der Waals surface area contributed by atoms with Crippen molar-refractivity contribution < 1.29 is 9.63 Å². The quantitative estimate of drug-likeness (QED) is 0.463. The van der Waals surface area contributed by atoms with Crippen LogP contribution in [0.1, 0.15) is 53.1 Å². The monoisotopic (exact) mass is 541 g/mol. The van der Waals surface area contributed by atoms with Crippen LogP contribution < -0.4 is 5.56 Å². The minimum atomic E-state index is -0.482. The van der Waals surface area contributed by atoms with Crippen LogP contribution in [0.5, 0.6) is 0 Å². The molecule has 1 unspecified atom stereocenters. The highest BCUT2D eigenvalue weighted by molar-refractivity contribution is 7.10. The SMILES string of the molecule is N#Cc1cc(Cl)c(=O)n(CC(=O)N2CCC(c3nc(C4=NOC(c5ccccc5Cl)C4)cs3)CC2)c1. The first-order valence-corrected chi connectivity index (χ1v) is 13.1. The summed E-state index contributed by atoms with van der Waals surface area (Å²) in [5.41, 5.74) is 2.29. The second-order valence-electron chi connectivity index (χ2n) is 8.71. The number of nitriles is 1. The number of likely N-dealkylation sites (tertiary alicyclic amines) is 1. The molecule has 184 valence electrons. The summed E-state index contributed by atoms with van der Waals surface area (Å²) in [7, 11) is 0. The molecule has 0 saturated carbocycles. The molecule has 4 heterocycles. The Hall–Kier alpha value is -3.19. The number of oxime groups is 1. The number of aromatic nitrogens is 2. The lowest BCUT2D eigenvalue weighted by molar-refractivity contribution is -0.132. The standard InChI is InChI=1S/C25H21Cl2N5O3S/c26-18-4-2-1-3-17(18)22-10-20(30-35-22)21-14-36-24(29-21)16-5-7-31(8-6-16)23(33)13-32-12-15(11-28)9-19(27)25(32)34/h1-4,9,12,14,16,22H,5-8,10,13H2. The fraction of sp³-hybridized carbons (Fsp3) is 0.320. The molecule has 1 atom stereocenters. The molecule has 36 heavy (non-hydrogen) atoms. The Morgan fingerprint density at radius 2 is 2.00 bits per heavy atom. The van der Waals surface area contributed by atoms with Gasteiger partial charge < -0.3 is 14.3 Å². The topological polar surface area (TPSA) is 101 Å². The third-order valence-electron chi connectivity index (χ3n) is 6.41. The highest BCUT2D eigenvalue weighted by Crippen LogP contribution is 2.35. The van der Waals surface area contributed by atoms with Crippen LogP contribution >= 0.6 is 34.5 Å². The largest absolute Gasteiger partial charge is 0.387 e. The van der Waals surface area contributed by atoms with Gasteiger partial charge in [0.2, 0.25) is 5.91 Å². The van der Waals surface area contributed by atoms with Crippen molar-refractivity contribution in [3.8, 4) is 6.07 Å². The number of hydrogen-bond donors (Lipinski definition) is 0. The third kappa shape index (κ3) is 5.03. The number of halogens is 2. The summed E-state index contributed by atoms with van der Waals surface area (Å²) >= 11 is 13.8. The van der Waals surface area contributed by atoms with Crippen molar-refractivity contribution in [1.82, 2.24) is 14.5 Å². The van der Waals surface area contributed by atoms with Crippen LogP contribution in [-0.4, -0.2) is 39.2 Å². The maximum Gasteiger partial charge on any atom is 0.269 e. The first kappa shape index (κ1) is 24.5. The Kier molecular flexibility index (Phi) is 7.10. The molecule has 11 heteroatoms. The summed E-state index contributed by atoms with van der Waals surface area (Å²) in [5, 5.41) is 17.0. The minimum Gasteiger partial charge on any atom is -0.387 e. The lowest BCUT2D eigenvalue weighted by Crippen LogP contribution is -2.41. The highest BCUT2D eigenvalue weighted by atomic mass is 35.5. The maximum absolute atomic E-state index is 12.8. The van der Waals surface area contributed by atoms with Gasteiger partial charge in [0.1, 0.15) is 23.3 Å². The first-order valence-electron chi connectivity index (χ1n) is 11.4. The van der Waals surface area contributed by atoms with Crippen molar-refractivity contribution in [2.45, 2.75) is 37.8 Å². The molecule has 0 bridgehead atoms. The molecule has 0 aliphatic carbocycles. The van der Waals surface area contributed by atoms with E-state index in [4.69, 9.17) is 38.3 Å². The lowest BCUT2D eigenvalue weighted by atomic mass is 9.97. The molecule has 0 spiro atoms. The Labute approximate surface area is 221 Å². The van der Waals surface area contributed by atoms with Gasteiger partial charge >= 0.3 is 0 Å². The van der Waals surface area contributed by atoms with E-state index in [9.17, 15) is 9.59 Å². The average molecular weight is 542 g/mol. The number of carbonyl (C=O) groups is 1. The van der Waals surface area contributed by atoms with E-state index in [0.29, 0.717) is 24.5 Å². The number of pyridine rings is 1. The molecule has 2 aromatic heterocycles. The highest BCUT2D eigenvalue weighted by Gasteiger charge is 2.29. The van der Waals surface area contributed by atoms with Gasteiger partial charge in [0.05, 0.1) is 16.3 Å². The normalized spacial score (nSPS) is 18.0. The smallest absolute Gasteiger partial charge is 0.269 e. The Morgan fingerprint density at radius 3 is 2.75 bits per heavy atom. The fourth-order valence-electron chi connectivity index (χ4n) is 4.44. The van der Waals surface area contributed by atoms with Gasteiger partial charge in [-0.3, -0.25) is 9.59 Å². The molecule has 5 rings (SSSR count). The maximum atomic E-state index is 12.8. The number of nitrogens with zero attached hydrogens (tertiary/aromatic N) is 5. The van der Waals surface area contributed by atoms with E-state index < -0.39 is 5.56 Å². The molecule has 1 saturated heterocycles. The third-order valence-corrected chi connectivity index (χ3v) is 8.03. The summed E-state index contributed by atoms with van der Waals surface area (Å²) in [6, 6.07) is 10.9. The van der Waals surface area contributed by atoms with Crippen LogP contribution in [-0.2, 0) is 16.2 Å². The number of rotatable bonds is 5. The number of carbonyl (C=O) groups excluding carboxylic acids is 1. The van der Waals surface area contributed by atoms with Crippen molar-refractivity contribution in [2.75, 3.05) is 13.1 Å². The van der Waals surface area contributed by atoms with E-state index in [0.717, 1.165) is 34.8 Å². The van der Waals surface area contributed by atoms with Gasteiger partial charge in [0, 0.05) is 47.6 Å². The summed E-state index contributed by atoms with van der Waals surface area (Å²) < 4.78 is 1.20. The van der Waals surface area contributed by atoms with Crippen molar-refractivity contribution in [2.24, 2.45) is 5.16 Å². The zero-order valence-electron chi connectivity index (χ0n) is 19.1. The van der Waals surface area contributed by atoms with Gasteiger partial charge in [-0.25, -0.2) is 4.98 Å². The van der Waals surface area contributed by atoms with Crippen LogP contribution in [0.15, 0.2) is 51.9 Å². The van der Waals surface area contributed by atoms with Crippen molar-refractivity contribution in [1.29, 1.82) is 5.26 Å². The predicted molar refractivity (Wildman–Crippen MR) is 138 cm³/mol. The lowest BCUT2D eigenvalue weighted by Gasteiger charge is -2.31. The van der Waals surface area contributed by atoms with Crippen molar-refractivity contribution in [3.63, 3.8) is 0 Å². The minimum absolute atomic E-state index is 0.0735.